The number of nitrogens with one attached hydrogen (secondary N) is 1. The summed E-state index contributed by atoms with van der Waals surface area (Å²) < 4.78 is 0. The lowest BCUT2D eigenvalue weighted by atomic mass is 10.1. The molecule has 0 rings (SSSR count). The third-order valence-electron chi connectivity index (χ3n) is 1.33. The molecular formula is C6H13ClN2O3. The molecule has 0 spiro atoms. The van der Waals surface area contributed by atoms with Crippen molar-refractivity contribution in [3.05, 3.63) is 0 Å². The Bertz CT molecular complexity index is 163. The monoisotopic (exact) mass is 196 g/mol. The molecule has 0 unspecified atom stereocenters. The van der Waals surface area contributed by atoms with Gasteiger partial charge in [0.1, 0.15) is 6.04 Å². The van der Waals surface area contributed by atoms with E-state index in [0.717, 1.165) is 0 Å². The maximum Gasteiger partial charge on any atom is 0.320 e. The molecule has 0 saturated carbocycles. The second-order valence-electron chi connectivity index (χ2n) is 2.18. The molecule has 0 aliphatic heterocycles. The van der Waals surface area contributed by atoms with Gasteiger partial charge in [-0.15, -0.1) is 12.4 Å². The van der Waals surface area contributed by atoms with Gasteiger partial charge in [0, 0.05) is 6.42 Å². The number of likely N-dealkylation sites (N-methyl/N-ethyl adjacent to an activating group) is 1. The molecule has 0 fully saturated rings. The van der Waals surface area contributed by atoms with Crippen molar-refractivity contribution < 1.29 is 14.7 Å². The molecule has 4 N–H and O–H groups in total. The molecule has 6 heteroatoms. The molecule has 0 heterocycles. The highest BCUT2D eigenvalue weighted by atomic mass is 35.5. The Hall–Kier alpha value is -0.810. The first-order chi connectivity index (χ1) is 5.07. The summed E-state index contributed by atoms with van der Waals surface area (Å²) in [6.45, 7) is 0. The Morgan fingerprint density at radius 2 is 2.08 bits per heavy atom. The van der Waals surface area contributed by atoms with E-state index in [-0.39, 0.29) is 25.2 Å². The van der Waals surface area contributed by atoms with Gasteiger partial charge in [-0.05, 0) is 13.5 Å². The zero-order chi connectivity index (χ0) is 8.85. The van der Waals surface area contributed by atoms with Crippen LogP contribution in [0.15, 0.2) is 0 Å². The van der Waals surface area contributed by atoms with Crippen LogP contribution in [0.4, 0.5) is 0 Å². The minimum Gasteiger partial charge on any atom is -0.480 e. The van der Waals surface area contributed by atoms with Crippen LogP contribution >= 0.6 is 12.4 Å². The molecule has 12 heavy (non-hydrogen) atoms. The van der Waals surface area contributed by atoms with Crippen LogP contribution in [0.1, 0.15) is 12.8 Å². The van der Waals surface area contributed by atoms with Crippen molar-refractivity contribution in [2.75, 3.05) is 7.05 Å². The highest BCUT2D eigenvalue weighted by molar-refractivity contribution is 5.85. The third-order valence-corrected chi connectivity index (χ3v) is 1.33. The highest BCUT2D eigenvalue weighted by Gasteiger charge is 2.14. The molecule has 0 aliphatic carbocycles. The molecule has 0 aromatic rings. The highest BCUT2D eigenvalue weighted by Crippen LogP contribution is 1.95. The van der Waals surface area contributed by atoms with Crippen molar-refractivity contribution in [1.29, 1.82) is 0 Å². The van der Waals surface area contributed by atoms with E-state index in [0.29, 0.717) is 0 Å². The fourth-order valence-electron chi connectivity index (χ4n) is 0.678. The van der Waals surface area contributed by atoms with E-state index < -0.39 is 17.9 Å². The van der Waals surface area contributed by atoms with E-state index in [9.17, 15) is 9.59 Å². The fourth-order valence-corrected chi connectivity index (χ4v) is 0.678. The number of nitrogens with two attached hydrogens (primary N) is 1. The van der Waals surface area contributed by atoms with Crippen molar-refractivity contribution in [2.24, 2.45) is 5.73 Å². The number of hydrogen-bond donors (Lipinski definition) is 3. The van der Waals surface area contributed by atoms with Gasteiger partial charge < -0.3 is 16.2 Å². The minimum absolute atomic E-state index is 0. The normalized spacial score (nSPS) is 11.4. The number of carboxylic acids is 1. The summed E-state index contributed by atoms with van der Waals surface area (Å²) in [4.78, 5) is 20.6. The summed E-state index contributed by atoms with van der Waals surface area (Å²) in [6, 6.07) is -0.678. The van der Waals surface area contributed by atoms with Crippen LogP contribution in [0.2, 0.25) is 0 Å². The van der Waals surface area contributed by atoms with E-state index in [2.05, 4.69) is 5.32 Å². The van der Waals surface area contributed by atoms with Gasteiger partial charge in [-0.2, -0.15) is 0 Å². The van der Waals surface area contributed by atoms with Crippen molar-refractivity contribution in [3.63, 3.8) is 0 Å². The second kappa shape index (κ2) is 6.87. The van der Waals surface area contributed by atoms with Crippen LogP contribution < -0.4 is 11.1 Å². The quantitative estimate of drug-likeness (QED) is 0.545. The van der Waals surface area contributed by atoms with Crippen molar-refractivity contribution in [1.82, 2.24) is 5.32 Å². The van der Waals surface area contributed by atoms with Crippen LogP contribution in [0.3, 0.4) is 0 Å². The van der Waals surface area contributed by atoms with Gasteiger partial charge in [0.15, 0.2) is 0 Å². The molecule has 0 radical (unpaired) electrons. The number of hydrogen-bond acceptors (Lipinski definition) is 3. The average Bonchev–Trinajstić information content (AvgIpc) is 1.87. The predicted octanol–water partition coefficient (Wildman–Crippen LogP) is -0.654. The number of aliphatic carboxylic acids is 1. The van der Waals surface area contributed by atoms with Gasteiger partial charge in [0.05, 0.1) is 0 Å². The van der Waals surface area contributed by atoms with Gasteiger partial charge in [0.25, 0.3) is 0 Å². The Kier molecular flexibility index (Phi) is 7.88. The van der Waals surface area contributed by atoms with Gasteiger partial charge >= 0.3 is 5.97 Å². The molecule has 1 amide bonds. The first-order valence-electron chi connectivity index (χ1n) is 3.26. The second-order valence-corrected chi connectivity index (χ2v) is 2.18. The lowest BCUT2D eigenvalue weighted by molar-refractivity contribution is -0.139. The molecule has 5 nitrogen and oxygen atoms in total. The lowest BCUT2D eigenvalue weighted by Crippen LogP contribution is -2.34. The zero-order valence-electron chi connectivity index (χ0n) is 6.74. The smallest absolute Gasteiger partial charge is 0.320 e. The number of carboxylic acid groups (broad SMARTS) is 1. The summed E-state index contributed by atoms with van der Waals surface area (Å²) in [6.07, 6.45) is 0.332. The first kappa shape index (κ1) is 13.8. The molecular weight excluding hydrogens is 184 g/mol. The SMILES string of the molecule is CN[C@@H](CCC(N)=O)C(=O)O.Cl. The van der Waals surface area contributed by atoms with Gasteiger partial charge in [-0.3, -0.25) is 9.59 Å². The van der Waals surface area contributed by atoms with Gasteiger partial charge in [-0.25, -0.2) is 0 Å². The van der Waals surface area contributed by atoms with E-state index in [1.165, 1.54) is 7.05 Å². The number of carbonyl (C=O) groups excluding carboxylic acids is 1. The Morgan fingerprint density at radius 3 is 2.33 bits per heavy atom. The van der Waals surface area contributed by atoms with Crippen molar-refractivity contribution in [3.8, 4) is 0 Å². The summed E-state index contributed by atoms with van der Waals surface area (Å²) in [5, 5.41) is 11.0. The molecule has 0 saturated heterocycles. The average molecular weight is 197 g/mol. The van der Waals surface area contributed by atoms with Crippen LogP contribution in [-0.2, 0) is 9.59 Å². The predicted molar refractivity (Wildman–Crippen MR) is 46.2 cm³/mol. The summed E-state index contributed by atoms with van der Waals surface area (Å²) in [5.41, 5.74) is 4.84. The molecule has 1 atom stereocenters. The maximum absolute atomic E-state index is 10.3. The van der Waals surface area contributed by atoms with E-state index in [4.69, 9.17) is 10.8 Å². The van der Waals surface area contributed by atoms with E-state index in [1.807, 2.05) is 0 Å². The largest absolute Gasteiger partial charge is 0.480 e. The number of rotatable bonds is 5. The summed E-state index contributed by atoms with van der Waals surface area (Å²) in [5.74, 6) is -1.44. The molecule has 0 bridgehead atoms. The first-order valence-corrected chi connectivity index (χ1v) is 3.26. The Labute approximate surface area is 76.7 Å². The molecule has 0 aromatic heterocycles. The fraction of sp³-hybridized carbons (Fsp3) is 0.667. The summed E-state index contributed by atoms with van der Waals surface area (Å²) in [7, 11) is 1.53. The molecule has 72 valence electrons. The standard InChI is InChI=1S/C6H12N2O3.ClH/c1-8-4(6(10)11)2-3-5(7)9;/h4,8H,2-3H2,1H3,(H2,7,9)(H,10,11);1H/t4-;/m0./s1. The van der Waals surface area contributed by atoms with Crippen LogP contribution in [0, 0.1) is 0 Å². The Morgan fingerprint density at radius 1 is 1.58 bits per heavy atom. The molecule has 0 aliphatic rings. The van der Waals surface area contributed by atoms with Crippen LogP contribution in [0.5, 0.6) is 0 Å². The minimum atomic E-state index is -0.964. The van der Waals surface area contributed by atoms with E-state index in [1.54, 1.807) is 0 Å². The van der Waals surface area contributed by atoms with Gasteiger partial charge in [-0.1, -0.05) is 0 Å². The molecule has 0 aromatic carbocycles. The van der Waals surface area contributed by atoms with Crippen molar-refractivity contribution >= 4 is 24.3 Å². The van der Waals surface area contributed by atoms with Crippen LogP contribution in [-0.4, -0.2) is 30.1 Å². The number of primary amides is 1. The third kappa shape index (κ3) is 5.94. The number of carbonyl (C=O) groups is 2. The lowest BCUT2D eigenvalue weighted by Gasteiger charge is -2.08. The zero-order valence-corrected chi connectivity index (χ0v) is 7.56. The Balaban J connectivity index is 0. The summed E-state index contributed by atoms with van der Waals surface area (Å²) >= 11 is 0. The number of amides is 1. The number of halogens is 1. The maximum atomic E-state index is 10.3. The van der Waals surface area contributed by atoms with Crippen molar-refractivity contribution in [2.45, 2.75) is 18.9 Å². The topological polar surface area (TPSA) is 92.4 Å². The van der Waals surface area contributed by atoms with E-state index >= 15 is 0 Å². The van der Waals surface area contributed by atoms with Gasteiger partial charge in [0.2, 0.25) is 5.91 Å². The van der Waals surface area contributed by atoms with Crippen LogP contribution in [0.25, 0.3) is 0 Å².